The van der Waals surface area contributed by atoms with Gasteiger partial charge in [0.1, 0.15) is 11.5 Å². The highest BCUT2D eigenvalue weighted by Crippen LogP contribution is 2.39. The van der Waals surface area contributed by atoms with E-state index in [-0.39, 0.29) is 11.3 Å². The number of ether oxygens (including phenoxy) is 1. The average Bonchev–Trinajstić information content (AvgIpc) is 3.07. The van der Waals surface area contributed by atoms with Crippen LogP contribution in [0.3, 0.4) is 0 Å². The van der Waals surface area contributed by atoms with Crippen molar-refractivity contribution in [2.75, 3.05) is 33.8 Å². The molecule has 0 spiro atoms. The molecule has 0 aliphatic carbocycles. The summed E-state index contributed by atoms with van der Waals surface area (Å²) >= 11 is 0. The Hall–Kier alpha value is -3.12. The highest BCUT2D eigenvalue weighted by Gasteiger charge is 2.45. The van der Waals surface area contributed by atoms with Crippen LogP contribution in [0.4, 0.5) is 0 Å². The van der Waals surface area contributed by atoms with Gasteiger partial charge in [0.2, 0.25) is 0 Å². The first-order valence-corrected chi connectivity index (χ1v) is 11.6. The molecule has 176 valence electrons. The molecule has 0 bridgehead atoms. The number of carbonyl (C=O) groups excluding carboxylic acids is 2. The van der Waals surface area contributed by atoms with Gasteiger partial charge in [0.15, 0.2) is 0 Å². The highest BCUT2D eigenvalue weighted by atomic mass is 16.5. The summed E-state index contributed by atoms with van der Waals surface area (Å²) in [4.78, 5) is 29.6. The van der Waals surface area contributed by atoms with Gasteiger partial charge in [0.25, 0.3) is 11.7 Å². The summed E-state index contributed by atoms with van der Waals surface area (Å²) in [5.74, 6) is -0.660. The van der Waals surface area contributed by atoms with Gasteiger partial charge in [-0.1, -0.05) is 50.1 Å². The third-order valence-corrected chi connectivity index (χ3v) is 5.80. The summed E-state index contributed by atoms with van der Waals surface area (Å²) in [6.45, 7) is 4.02. The molecule has 1 atom stereocenters. The molecule has 33 heavy (non-hydrogen) atoms. The molecule has 1 N–H and O–H groups in total. The first kappa shape index (κ1) is 24.5. The predicted octanol–water partition coefficient (Wildman–Crippen LogP) is 4.63. The molecule has 1 heterocycles. The van der Waals surface area contributed by atoms with E-state index in [9.17, 15) is 14.7 Å². The van der Waals surface area contributed by atoms with Crippen molar-refractivity contribution in [1.82, 2.24) is 9.80 Å². The van der Waals surface area contributed by atoms with Crippen molar-refractivity contribution in [2.24, 2.45) is 0 Å². The van der Waals surface area contributed by atoms with E-state index in [0.29, 0.717) is 24.5 Å². The van der Waals surface area contributed by atoms with Crippen molar-refractivity contribution in [3.05, 3.63) is 71.3 Å². The molecule has 2 aromatic rings. The van der Waals surface area contributed by atoms with Crippen molar-refractivity contribution in [3.8, 4) is 5.75 Å². The van der Waals surface area contributed by atoms with Crippen LogP contribution >= 0.6 is 0 Å². The number of carbonyl (C=O) groups is 2. The molecular formula is C27H34N2O4. The minimum Gasteiger partial charge on any atom is -0.507 e. The minimum atomic E-state index is -0.647. The number of aliphatic hydroxyl groups excluding tert-OH is 1. The zero-order valence-electron chi connectivity index (χ0n) is 19.8. The van der Waals surface area contributed by atoms with Gasteiger partial charge in [-0.2, -0.15) is 0 Å². The Labute approximate surface area is 196 Å². The number of hydrogen-bond acceptors (Lipinski definition) is 5. The lowest BCUT2D eigenvalue weighted by atomic mass is 9.95. The lowest BCUT2D eigenvalue weighted by Gasteiger charge is -2.26. The number of nitrogens with zero attached hydrogens (tertiary/aromatic N) is 2. The summed E-state index contributed by atoms with van der Waals surface area (Å²) < 4.78 is 5.75. The molecular weight excluding hydrogens is 416 g/mol. The van der Waals surface area contributed by atoms with Crippen LogP contribution < -0.4 is 4.74 Å². The Bertz CT molecular complexity index is 967. The number of benzene rings is 2. The standard InChI is InChI=1S/C27H34N2O4/c1-4-5-9-19-33-22-15-13-21(14-16-22)25(30)23-24(20-11-7-6-8-12-20)29(27(32)26(23)31)18-10-17-28(2)3/h6-8,11-16,24,30H,4-5,9-10,17-19H2,1-3H3/b25-23-. The van der Waals surface area contributed by atoms with E-state index in [0.717, 1.165) is 37.8 Å². The van der Waals surface area contributed by atoms with Gasteiger partial charge in [0, 0.05) is 12.1 Å². The number of hydrogen-bond donors (Lipinski definition) is 1. The van der Waals surface area contributed by atoms with Crippen molar-refractivity contribution in [3.63, 3.8) is 0 Å². The van der Waals surface area contributed by atoms with Crippen LogP contribution in [0.25, 0.3) is 5.76 Å². The molecule has 6 nitrogen and oxygen atoms in total. The molecule has 6 heteroatoms. The number of rotatable bonds is 11. The molecule has 3 rings (SSSR count). The van der Waals surface area contributed by atoms with E-state index in [1.165, 1.54) is 0 Å². The first-order chi connectivity index (χ1) is 15.9. The Morgan fingerprint density at radius 1 is 1.00 bits per heavy atom. The second-order valence-electron chi connectivity index (χ2n) is 8.64. The smallest absolute Gasteiger partial charge is 0.295 e. The number of unbranched alkanes of at least 4 members (excludes halogenated alkanes) is 2. The Morgan fingerprint density at radius 2 is 1.70 bits per heavy atom. The molecule has 1 unspecified atom stereocenters. The molecule has 0 radical (unpaired) electrons. The summed E-state index contributed by atoms with van der Waals surface area (Å²) in [5.41, 5.74) is 1.43. The first-order valence-electron chi connectivity index (χ1n) is 11.6. The fourth-order valence-corrected chi connectivity index (χ4v) is 4.06. The Morgan fingerprint density at radius 3 is 2.33 bits per heavy atom. The fourth-order valence-electron chi connectivity index (χ4n) is 4.06. The van der Waals surface area contributed by atoms with Crippen molar-refractivity contribution in [2.45, 2.75) is 38.6 Å². The van der Waals surface area contributed by atoms with Gasteiger partial charge in [-0.3, -0.25) is 9.59 Å². The topological polar surface area (TPSA) is 70.1 Å². The Balaban J connectivity index is 1.90. The zero-order valence-corrected chi connectivity index (χ0v) is 19.8. The highest BCUT2D eigenvalue weighted by molar-refractivity contribution is 6.46. The van der Waals surface area contributed by atoms with Crippen molar-refractivity contribution in [1.29, 1.82) is 0 Å². The van der Waals surface area contributed by atoms with Crippen LogP contribution in [0.2, 0.25) is 0 Å². The van der Waals surface area contributed by atoms with E-state index in [1.807, 2.05) is 49.3 Å². The molecule has 0 aromatic heterocycles. The number of likely N-dealkylation sites (tertiary alicyclic amines) is 1. The third-order valence-electron chi connectivity index (χ3n) is 5.80. The van der Waals surface area contributed by atoms with E-state index in [2.05, 4.69) is 6.92 Å². The third kappa shape index (κ3) is 6.02. The normalized spacial score (nSPS) is 17.7. The maximum Gasteiger partial charge on any atom is 0.295 e. The van der Waals surface area contributed by atoms with E-state index in [1.54, 1.807) is 29.2 Å². The summed E-state index contributed by atoms with van der Waals surface area (Å²) in [7, 11) is 3.94. The number of ketones is 1. The molecule has 1 aliphatic heterocycles. The largest absolute Gasteiger partial charge is 0.507 e. The van der Waals surface area contributed by atoms with Gasteiger partial charge in [-0.15, -0.1) is 0 Å². The monoisotopic (exact) mass is 450 g/mol. The summed E-state index contributed by atoms with van der Waals surface area (Å²) in [6, 6.07) is 15.8. The Kier molecular flexibility index (Phi) is 8.66. The van der Waals surface area contributed by atoms with Gasteiger partial charge >= 0.3 is 0 Å². The quantitative estimate of drug-likeness (QED) is 0.234. The van der Waals surface area contributed by atoms with E-state index < -0.39 is 17.7 Å². The van der Waals surface area contributed by atoms with Crippen LogP contribution in [-0.4, -0.2) is 60.4 Å². The van der Waals surface area contributed by atoms with E-state index in [4.69, 9.17) is 4.74 Å². The average molecular weight is 451 g/mol. The summed E-state index contributed by atoms with van der Waals surface area (Å²) in [6.07, 6.45) is 3.97. The van der Waals surface area contributed by atoms with Crippen LogP contribution in [0.1, 0.15) is 49.8 Å². The minimum absolute atomic E-state index is 0.132. The molecule has 1 fully saturated rings. The van der Waals surface area contributed by atoms with E-state index >= 15 is 0 Å². The van der Waals surface area contributed by atoms with Gasteiger partial charge in [0.05, 0.1) is 18.2 Å². The molecule has 0 saturated carbocycles. The summed E-state index contributed by atoms with van der Waals surface area (Å²) in [5, 5.41) is 11.1. The van der Waals surface area contributed by atoms with Crippen LogP contribution in [-0.2, 0) is 9.59 Å². The zero-order chi connectivity index (χ0) is 23.8. The number of Topliss-reactive ketones (excluding diaryl/α,β-unsaturated/α-hetero) is 1. The molecule has 1 amide bonds. The second-order valence-corrected chi connectivity index (χ2v) is 8.64. The molecule has 1 aliphatic rings. The predicted molar refractivity (Wildman–Crippen MR) is 130 cm³/mol. The van der Waals surface area contributed by atoms with Crippen LogP contribution in [0.15, 0.2) is 60.2 Å². The SMILES string of the molecule is CCCCCOc1ccc(/C(O)=C2/C(=O)C(=O)N(CCCN(C)C)C2c2ccccc2)cc1. The van der Waals surface area contributed by atoms with Crippen LogP contribution in [0, 0.1) is 0 Å². The maximum absolute atomic E-state index is 13.0. The lowest BCUT2D eigenvalue weighted by Crippen LogP contribution is -2.32. The molecule has 2 aromatic carbocycles. The fraction of sp³-hybridized carbons (Fsp3) is 0.407. The molecule has 1 saturated heterocycles. The van der Waals surface area contributed by atoms with Gasteiger partial charge in [-0.25, -0.2) is 0 Å². The van der Waals surface area contributed by atoms with Crippen LogP contribution in [0.5, 0.6) is 5.75 Å². The van der Waals surface area contributed by atoms with Crippen molar-refractivity contribution < 1.29 is 19.4 Å². The maximum atomic E-state index is 13.0. The van der Waals surface area contributed by atoms with Gasteiger partial charge in [-0.05, 0) is 63.3 Å². The number of aliphatic hydroxyl groups is 1. The second kappa shape index (κ2) is 11.7. The van der Waals surface area contributed by atoms with Gasteiger partial charge < -0.3 is 19.6 Å². The van der Waals surface area contributed by atoms with Crippen molar-refractivity contribution >= 4 is 17.4 Å². The lowest BCUT2D eigenvalue weighted by molar-refractivity contribution is -0.139. The number of amides is 1.